The zero-order valence-corrected chi connectivity index (χ0v) is 10.4. The van der Waals surface area contributed by atoms with E-state index in [1.807, 2.05) is 18.2 Å². The molecule has 1 fully saturated rings. The highest BCUT2D eigenvalue weighted by molar-refractivity contribution is 6.31. The van der Waals surface area contributed by atoms with Crippen molar-refractivity contribution in [3.8, 4) is 0 Å². The van der Waals surface area contributed by atoms with Crippen LogP contribution in [0, 0.1) is 0 Å². The summed E-state index contributed by atoms with van der Waals surface area (Å²) in [6.07, 6.45) is 1.18. The van der Waals surface area contributed by atoms with E-state index in [1.165, 1.54) is 6.42 Å². The highest BCUT2D eigenvalue weighted by Crippen LogP contribution is 2.27. The summed E-state index contributed by atoms with van der Waals surface area (Å²) >= 11 is 5.90. The molecule has 0 radical (unpaired) electrons. The van der Waals surface area contributed by atoms with Crippen molar-refractivity contribution < 1.29 is 0 Å². The molecule has 88 valence electrons. The zero-order valence-electron chi connectivity index (χ0n) is 9.62. The molecule has 0 amide bonds. The standard InChI is InChI=1S/C12H18ClN3/c1-15-5-2-6-16(8-7-15)12-4-3-10(13)9-11(12)14/h3-4,9H,2,5-8,14H2,1H3. The minimum Gasteiger partial charge on any atom is -0.397 e. The molecule has 1 saturated heterocycles. The fourth-order valence-corrected chi connectivity index (χ4v) is 2.28. The molecule has 16 heavy (non-hydrogen) atoms. The van der Waals surface area contributed by atoms with Crippen molar-refractivity contribution in [2.24, 2.45) is 0 Å². The first-order valence-corrected chi connectivity index (χ1v) is 6.03. The molecular weight excluding hydrogens is 222 g/mol. The first-order valence-electron chi connectivity index (χ1n) is 5.65. The van der Waals surface area contributed by atoms with E-state index >= 15 is 0 Å². The van der Waals surface area contributed by atoms with Gasteiger partial charge in [0.15, 0.2) is 0 Å². The van der Waals surface area contributed by atoms with Gasteiger partial charge in [0, 0.05) is 24.7 Å². The van der Waals surface area contributed by atoms with Gasteiger partial charge in [0.2, 0.25) is 0 Å². The maximum atomic E-state index is 6.00. The zero-order chi connectivity index (χ0) is 11.5. The summed E-state index contributed by atoms with van der Waals surface area (Å²) in [4.78, 5) is 4.70. The summed E-state index contributed by atoms with van der Waals surface area (Å²) in [7, 11) is 2.16. The van der Waals surface area contributed by atoms with Crippen LogP contribution in [0.4, 0.5) is 11.4 Å². The van der Waals surface area contributed by atoms with Crippen LogP contribution in [0.3, 0.4) is 0 Å². The molecule has 2 N–H and O–H groups in total. The van der Waals surface area contributed by atoms with Crippen LogP contribution in [0.2, 0.25) is 5.02 Å². The predicted molar refractivity (Wildman–Crippen MR) is 70.2 cm³/mol. The van der Waals surface area contributed by atoms with E-state index < -0.39 is 0 Å². The van der Waals surface area contributed by atoms with Crippen LogP contribution < -0.4 is 10.6 Å². The molecule has 1 aromatic rings. The smallest absolute Gasteiger partial charge is 0.0601 e. The molecule has 0 spiro atoms. The number of rotatable bonds is 1. The van der Waals surface area contributed by atoms with Crippen LogP contribution in [0.25, 0.3) is 0 Å². The number of hydrogen-bond donors (Lipinski definition) is 1. The number of nitrogens with zero attached hydrogens (tertiary/aromatic N) is 2. The SMILES string of the molecule is CN1CCCN(c2ccc(Cl)cc2N)CC1. The quantitative estimate of drug-likeness (QED) is 0.762. The Bertz CT molecular complexity index is 367. The Balaban J connectivity index is 2.16. The molecule has 0 bridgehead atoms. The molecule has 1 aliphatic heterocycles. The number of halogens is 1. The number of nitrogens with two attached hydrogens (primary N) is 1. The first kappa shape index (κ1) is 11.6. The molecule has 0 atom stereocenters. The van der Waals surface area contributed by atoms with Gasteiger partial charge in [0.25, 0.3) is 0 Å². The van der Waals surface area contributed by atoms with Crippen molar-refractivity contribution in [2.75, 3.05) is 43.9 Å². The van der Waals surface area contributed by atoms with Crippen LogP contribution in [0.15, 0.2) is 18.2 Å². The molecule has 3 nitrogen and oxygen atoms in total. The van der Waals surface area contributed by atoms with Crippen LogP contribution in [-0.4, -0.2) is 38.1 Å². The van der Waals surface area contributed by atoms with Crippen molar-refractivity contribution in [1.82, 2.24) is 4.90 Å². The fourth-order valence-electron chi connectivity index (χ4n) is 2.10. The van der Waals surface area contributed by atoms with Gasteiger partial charge in [0.1, 0.15) is 0 Å². The fraction of sp³-hybridized carbons (Fsp3) is 0.500. The summed E-state index contributed by atoms with van der Waals surface area (Å²) in [5.41, 5.74) is 7.88. The Morgan fingerprint density at radius 1 is 1.19 bits per heavy atom. The molecule has 2 rings (SSSR count). The Morgan fingerprint density at radius 2 is 2.00 bits per heavy atom. The van der Waals surface area contributed by atoms with E-state index in [0.717, 1.165) is 37.6 Å². The Labute approximate surface area is 102 Å². The molecule has 0 saturated carbocycles. The van der Waals surface area contributed by atoms with Gasteiger partial charge in [-0.1, -0.05) is 11.6 Å². The number of likely N-dealkylation sites (N-methyl/N-ethyl adjacent to an activating group) is 1. The van der Waals surface area contributed by atoms with Gasteiger partial charge >= 0.3 is 0 Å². The molecule has 1 aromatic carbocycles. The Morgan fingerprint density at radius 3 is 2.75 bits per heavy atom. The number of benzene rings is 1. The second-order valence-electron chi connectivity index (χ2n) is 4.35. The topological polar surface area (TPSA) is 32.5 Å². The molecule has 1 heterocycles. The van der Waals surface area contributed by atoms with Gasteiger partial charge in [-0.15, -0.1) is 0 Å². The van der Waals surface area contributed by atoms with E-state index in [0.29, 0.717) is 5.02 Å². The lowest BCUT2D eigenvalue weighted by molar-refractivity contribution is 0.360. The highest BCUT2D eigenvalue weighted by Gasteiger charge is 2.14. The summed E-state index contributed by atoms with van der Waals surface area (Å²) in [6, 6.07) is 5.75. The number of nitrogen functional groups attached to an aromatic ring is 1. The lowest BCUT2D eigenvalue weighted by atomic mass is 10.2. The average Bonchev–Trinajstić information content (AvgIpc) is 2.43. The van der Waals surface area contributed by atoms with E-state index in [9.17, 15) is 0 Å². The molecular formula is C12H18ClN3. The maximum Gasteiger partial charge on any atom is 0.0601 e. The summed E-state index contributed by atoms with van der Waals surface area (Å²) in [6.45, 7) is 4.34. The minimum atomic E-state index is 0.702. The second-order valence-corrected chi connectivity index (χ2v) is 4.78. The summed E-state index contributed by atoms with van der Waals surface area (Å²) in [5.74, 6) is 0. The van der Waals surface area contributed by atoms with Crippen LogP contribution in [0.5, 0.6) is 0 Å². The van der Waals surface area contributed by atoms with E-state index in [-0.39, 0.29) is 0 Å². The lowest BCUT2D eigenvalue weighted by Gasteiger charge is -2.24. The largest absolute Gasteiger partial charge is 0.397 e. The van der Waals surface area contributed by atoms with Gasteiger partial charge in [-0.25, -0.2) is 0 Å². The Hall–Kier alpha value is -0.930. The maximum absolute atomic E-state index is 6.00. The van der Waals surface area contributed by atoms with Crippen molar-refractivity contribution in [1.29, 1.82) is 0 Å². The van der Waals surface area contributed by atoms with Gasteiger partial charge in [-0.2, -0.15) is 0 Å². The number of anilines is 2. The lowest BCUT2D eigenvalue weighted by Crippen LogP contribution is -2.29. The van der Waals surface area contributed by atoms with Gasteiger partial charge in [-0.05, 0) is 38.2 Å². The van der Waals surface area contributed by atoms with E-state index in [1.54, 1.807) is 0 Å². The van der Waals surface area contributed by atoms with Crippen LogP contribution >= 0.6 is 11.6 Å². The van der Waals surface area contributed by atoms with Crippen LogP contribution in [0.1, 0.15) is 6.42 Å². The summed E-state index contributed by atoms with van der Waals surface area (Å²) < 4.78 is 0. The first-order chi connectivity index (χ1) is 7.66. The molecule has 0 unspecified atom stereocenters. The Kier molecular flexibility index (Phi) is 3.56. The van der Waals surface area contributed by atoms with Crippen molar-refractivity contribution in [2.45, 2.75) is 6.42 Å². The van der Waals surface area contributed by atoms with Crippen molar-refractivity contribution in [3.05, 3.63) is 23.2 Å². The third-order valence-corrected chi connectivity index (χ3v) is 3.28. The molecule has 4 heteroatoms. The monoisotopic (exact) mass is 239 g/mol. The molecule has 0 aromatic heterocycles. The third-order valence-electron chi connectivity index (χ3n) is 3.05. The predicted octanol–water partition coefficient (Wildman–Crippen LogP) is 2.06. The van der Waals surface area contributed by atoms with Crippen molar-refractivity contribution >= 4 is 23.0 Å². The normalized spacial score (nSPS) is 18.5. The minimum absolute atomic E-state index is 0.702. The summed E-state index contributed by atoms with van der Waals surface area (Å²) in [5, 5.41) is 0.702. The second kappa shape index (κ2) is 4.93. The van der Waals surface area contributed by atoms with Gasteiger partial charge in [0.05, 0.1) is 11.4 Å². The van der Waals surface area contributed by atoms with E-state index in [2.05, 4.69) is 16.8 Å². The average molecular weight is 240 g/mol. The van der Waals surface area contributed by atoms with E-state index in [4.69, 9.17) is 17.3 Å². The van der Waals surface area contributed by atoms with Crippen molar-refractivity contribution in [3.63, 3.8) is 0 Å². The molecule has 1 aliphatic rings. The highest BCUT2D eigenvalue weighted by atomic mass is 35.5. The third kappa shape index (κ3) is 2.60. The molecule has 0 aliphatic carbocycles. The van der Waals surface area contributed by atoms with Crippen LogP contribution in [-0.2, 0) is 0 Å². The van der Waals surface area contributed by atoms with Gasteiger partial charge < -0.3 is 15.5 Å². The van der Waals surface area contributed by atoms with Gasteiger partial charge in [-0.3, -0.25) is 0 Å². The number of hydrogen-bond acceptors (Lipinski definition) is 3.